The Hall–Kier alpha value is -1.04. The Morgan fingerprint density at radius 2 is 2.14 bits per heavy atom. The Morgan fingerprint density at radius 1 is 1.33 bits per heavy atom. The lowest BCUT2D eigenvalue weighted by molar-refractivity contribution is 0.327. The zero-order chi connectivity index (χ0) is 14.7. The predicted octanol–water partition coefficient (Wildman–Crippen LogP) is 3.83. The van der Waals surface area contributed by atoms with Crippen LogP contribution in [0.3, 0.4) is 0 Å². The molecule has 1 aromatic carbocycles. The molecule has 0 aliphatic heterocycles. The van der Waals surface area contributed by atoms with Crippen LogP contribution in [0, 0.1) is 0 Å². The Bertz CT molecular complexity index is 610. The number of benzene rings is 1. The van der Waals surface area contributed by atoms with E-state index in [-0.39, 0.29) is 5.54 Å². The lowest BCUT2D eigenvalue weighted by Crippen LogP contribution is -2.38. The molecule has 0 unspecified atom stereocenters. The van der Waals surface area contributed by atoms with Gasteiger partial charge in [-0.15, -0.1) is 11.8 Å². The first-order valence-corrected chi connectivity index (χ1v) is 8.48. The molecule has 0 radical (unpaired) electrons. The van der Waals surface area contributed by atoms with Crippen LogP contribution in [0.5, 0.6) is 0 Å². The van der Waals surface area contributed by atoms with Gasteiger partial charge in [0, 0.05) is 21.9 Å². The molecule has 3 rings (SSSR count). The molecule has 1 saturated carbocycles. The van der Waals surface area contributed by atoms with Crippen LogP contribution < -0.4 is 5.73 Å². The number of thioether (sulfide) groups is 1. The number of nitrogens with two attached hydrogens (primary N) is 1. The van der Waals surface area contributed by atoms with Gasteiger partial charge in [-0.2, -0.15) is 4.98 Å². The molecule has 0 atom stereocenters. The molecule has 0 saturated heterocycles. The van der Waals surface area contributed by atoms with Crippen molar-refractivity contribution in [3.8, 4) is 0 Å². The van der Waals surface area contributed by atoms with Gasteiger partial charge in [0.15, 0.2) is 5.82 Å². The van der Waals surface area contributed by atoms with E-state index in [1.54, 1.807) is 11.8 Å². The molecule has 112 valence electrons. The first-order chi connectivity index (χ1) is 10.1. The molecule has 1 aliphatic rings. The van der Waals surface area contributed by atoms with Gasteiger partial charge in [0.2, 0.25) is 5.89 Å². The molecular formula is C15H18ClN3OS. The largest absolute Gasteiger partial charge is 0.339 e. The number of rotatable bonds is 5. The van der Waals surface area contributed by atoms with E-state index in [2.05, 4.69) is 10.1 Å². The highest BCUT2D eigenvalue weighted by molar-refractivity contribution is 7.98. The molecule has 2 N–H and O–H groups in total. The molecule has 21 heavy (non-hydrogen) atoms. The third-order valence-corrected chi connectivity index (χ3v) is 5.00. The maximum absolute atomic E-state index is 6.33. The molecule has 0 amide bonds. The summed E-state index contributed by atoms with van der Waals surface area (Å²) in [6.45, 7) is 0. The average molecular weight is 324 g/mol. The van der Waals surface area contributed by atoms with Crippen LogP contribution in [-0.4, -0.2) is 15.7 Å². The summed E-state index contributed by atoms with van der Waals surface area (Å²) in [5.74, 6) is 2.03. The molecule has 2 aromatic rings. The summed E-state index contributed by atoms with van der Waals surface area (Å²) in [7, 11) is 0. The van der Waals surface area contributed by atoms with Crippen molar-refractivity contribution in [1.29, 1.82) is 0 Å². The standard InChI is InChI=1S/C15H18ClN3OS/c16-11-4-3-5-12(8-11)21-10-13-18-14(20-19-13)9-15(17)6-1-2-7-15/h3-5,8H,1-2,6-7,9-10,17H2. The Labute approximate surface area is 133 Å². The van der Waals surface area contributed by atoms with Gasteiger partial charge >= 0.3 is 0 Å². The Kier molecular flexibility index (Phi) is 4.52. The first-order valence-electron chi connectivity index (χ1n) is 7.12. The first kappa shape index (κ1) is 14.9. The van der Waals surface area contributed by atoms with E-state index in [4.69, 9.17) is 21.9 Å². The fourth-order valence-corrected chi connectivity index (χ4v) is 3.74. The zero-order valence-electron chi connectivity index (χ0n) is 11.7. The summed E-state index contributed by atoms with van der Waals surface area (Å²) < 4.78 is 5.32. The number of nitrogens with zero attached hydrogens (tertiary/aromatic N) is 2. The van der Waals surface area contributed by atoms with Gasteiger partial charge in [0.05, 0.1) is 5.75 Å². The van der Waals surface area contributed by atoms with E-state index in [0.29, 0.717) is 23.9 Å². The molecule has 0 spiro atoms. The highest BCUT2D eigenvalue weighted by Crippen LogP contribution is 2.30. The van der Waals surface area contributed by atoms with E-state index < -0.39 is 0 Å². The number of hydrogen-bond donors (Lipinski definition) is 1. The van der Waals surface area contributed by atoms with Crippen molar-refractivity contribution in [2.24, 2.45) is 5.73 Å². The van der Waals surface area contributed by atoms with Crippen molar-refractivity contribution in [2.45, 2.75) is 48.3 Å². The SMILES string of the molecule is NC1(Cc2nc(CSc3cccc(Cl)c3)no2)CCCC1. The smallest absolute Gasteiger partial charge is 0.228 e. The van der Waals surface area contributed by atoms with Crippen LogP contribution in [0.2, 0.25) is 5.02 Å². The lowest BCUT2D eigenvalue weighted by Gasteiger charge is -2.20. The second kappa shape index (κ2) is 6.38. The van der Waals surface area contributed by atoms with Gasteiger partial charge in [0.1, 0.15) is 0 Å². The van der Waals surface area contributed by atoms with Gasteiger partial charge in [-0.05, 0) is 31.0 Å². The number of hydrogen-bond acceptors (Lipinski definition) is 5. The van der Waals surface area contributed by atoms with Crippen molar-refractivity contribution < 1.29 is 4.52 Å². The fraction of sp³-hybridized carbons (Fsp3) is 0.467. The average Bonchev–Trinajstić information content (AvgIpc) is 3.06. The normalized spacial score (nSPS) is 17.2. The van der Waals surface area contributed by atoms with Crippen molar-refractivity contribution >= 4 is 23.4 Å². The third-order valence-electron chi connectivity index (χ3n) is 3.78. The summed E-state index contributed by atoms with van der Waals surface area (Å²) >= 11 is 7.61. The minimum atomic E-state index is -0.149. The molecule has 0 bridgehead atoms. The van der Waals surface area contributed by atoms with Crippen LogP contribution in [0.1, 0.15) is 37.4 Å². The molecule has 1 aromatic heterocycles. The highest BCUT2D eigenvalue weighted by atomic mass is 35.5. The van der Waals surface area contributed by atoms with E-state index in [9.17, 15) is 0 Å². The summed E-state index contributed by atoms with van der Waals surface area (Å²) in [6, 6.07) is 7.75. The maximum Gasteiger partial charge on any atom is 0.228 e. The van der Waals surface area contributed by atoms with Gasteiger partial charge in [0.25, 0.3) is 0 Å². The number of halogens is 1. The van der Waals surface area contributed by atoms with E-state index in [1.165, 1.54) is 12.8 Å². The zero-order valence-corrected chi connectivity index (χ0v) is 13.3. The maximum atomic E-state index is 6.33. The minimum Gasteiger partial charge on any atom is -0.339 e. The number of aromatic nitrogens is 2. The monoisotopic (exact) mass is 323 g/mol. The summed E-state index contributed by atoms with van der Waals surface area (Å²) in [4.78, 5) is 5.54. The van der Waals surface area contributed by atoms with E-state index in [1.807, 2.05) is 24.3 Å². The third kappa shape index (κ3) is 3.99. The molecule has 6 heteroatoms. The molecule has 1 fully saturated rings. The minimum absolute atomic E-state index is 0.149. The fourth-order valence-electron chi connectivity index (χ4n) is 2.68. The van der Waals surface area contributed by atoms with Crippen molar-refractivity contribution in [2.75, 3.05) is 0 Å². The van der Waals surface area contributed by atoms with Crippen LogP contribution in [0.4, 0.5) is 0 Å². The predicted molar refractivity (Wildman–Crippen MR) is 84.4 cm³/mol. The summed E-state index contributed by atoms with van der Waals surface area (Å²) in [5.41, 5.74) is 6.19. The summed E-state index contributed by atoms with van der Waals surface area (Å²) in [6.07, 6.45) is 5.16. The Morgan fingerprint density at radius 3 is 2.90 bits per heavy atom. The molecule has 4 nitrogen and oxygen atoms in total. The lowest BCUT2D eigenvalue weighted by atomic mass is 9.95. The quantitative estimate of drug-likeness (QED) is 0.847. The van der Waals surface area contributed by atoms with Crippen molar-refractivity contribution in [3.63, 3.8) is 0 Å². The second-order valence-corrected chi connectivity index (χ2v) is 7.08. The molecule has 1 heterocycles. The van der Waals surface area contributed by atoms with Crippen LogP contribution >= 0.6 is 23.4 Å². The van der Waals surface area contributed by atoms with E-state index in [0.717, 1.165) is 22.8 Å². The summed E-state index contributed by atoms with van der Waals surface area (Å²) in [5, 5.41) is 4.77. The van der Waals surface area contributed by atoms with Gasteiger partial charge in [-0.1, -0.05) is 35.7 Å². The van der Waals surface area contributed by atoms with Crippen LogP contribution in [0.25, 0.3) is 0 Å². The van der Waals surface area contributed by atoms with Crippen LogP contribution in [0.15, 0.2) is 33.7 Å². The van der Waals surface area contributed by atoms with Crippen molar-refractivity contribution in [1.82, 2.24) is 10.1 Å². The van der Waals surface area contributed by atoms with Gasteiger partial charge < -0.3 is 10.3 Å². The second-order valence-electron chi connectivity index (χ2n) is 5.60. The molecular weight excluding hydrogens is 306 g/mol. The molecule has 1 aliphatic carbocycles. The Balaban J connectivity index is 1.57. The van der Waals surface area contributed by atoms with Gasteiger partial charge in [-0.3, -0.25) is 0 Å². The highest BCUT2D eigenvalue weighted by Gasteiger charge is 2.31. The topological polar surface area (TPSA) is 64.9 Å². The van der Waals surface area contributed by atoms with E-state index >= 15 is 0 Å². The van der Waals surface area contributed by atoms with Gasteiger partial charge in [-0.25, -0.2) is 0 Å². The van der Waals surface area contributed by atoms with Crippen molar-refractivity contribution in [3.05, 3.63) is 41.0 Å². The van der Waals surface area contributed by atoms with Crippen LogP contribution in [-0.2, 0) is 12.2 Å².